The highest BCUT2D eigenvalue weighted by atomic mass is 16.2. The van der Waals surface area contributed by atoms with E-state index in [0.29, 0.717) is 24.3 Å². The predicted octanol–water partition coefficient (Wildman–Crippen LogP) is 3.70. The molecular weight excluding hydrogens is 364 g/mol. The van der Waals surface area contributed by atoms with Gasteiger partial charge >= 0.3 is 0 Å². The Bertz CT molecular complexity index is 1010. The Kier molecular flexibility index (Phi) is 5.51. The molecule has 1 aromatic carbocycles. The molecule has 6 heteroatoms. The van der Waals surface area contributed by atoms with Crippen LogP contribution in [0.15, 0.2) is 61.1 Å². The second-order valence-electron chi connectivity index (χ2n) is 7.34. The van der Waals surface area contributed by atoms with Crippen molar-refractivity contribution in [3.8, 4) is 11.1 Å². The third-order valence-electron chi connectivity index (χ3n) is 5.40. The predicted molar refractivity (Wildman–Crippen MR) is 111 cm³/mol. The molecule has 4 rings (SSSR count). The van der Waals surface area contributed by atoms with Crippen molar-refractivity contribution in [3.05, 3.63) is 72.3 Å². The van der Waals surface area contributed by atoms with E-state index in [-0.39, 0.29) is 17.6 Å². The van der Waals surface area contributed by atoms with Gasteiger partial charge in [-0.05, 0) is 49.6 Å². The molecule has 1 aliphatic rings. The number of piperidine rings is 1. The monoisotopic (exact) mass is 388 g/mol. The maximum atomic E-state index is 13.1. The molecule has 3 aromatic rings. The number of carbonyl (C=O) groups excluding carboxylic acids is 2. The van der Waals surface area contributed by atoms with Crippen LogP contribution in [0.25, 0.3) is 11.1 Å². The van der Waals surface area contributed by atoms with E-state index in [1.165, 1.54) is 0 Å². The molecule has 2 aromatic heterocycles. The number of hydrogen-bond acceptors (Lipinski definition) is 4. The molecule has 0 unspecified atom stereocenters. The van der Waals surface area contributed by atoms with Crippen molar-refractivity contribution >= 4 is 11.7 Å². The van der Waals surface area contributed by atoms with Gasteiger partial charge in [-0.25, -0.2) is 0 Å². The summed E-state index contributed by atoms with van der Waals surface area (Å²) < 4.78 is 1.86. The van der Waals surface area contributed by atoms with Gasteiger partial charge in [-0.1, -0.05) is 18.2 Å². The number of nitrogens with zero attached hydrogens (tertiary/aromatic N) is 4. The lowest BCUT2D eigenvalue weighted by Crippen LogP contribution is -2.42. The standard InChI is InChI=1S/C23H24N4O2/c1-2-27-16-20(14-25-27)17-7-5-8-18(13-17)23(29)26-12-6-9-19(15-26)22(28)21-10-3-4-11-24-21/h3-5,7-8,10-11,13-14,16,19H,2,6,9,12,15H2,1H3/t19-/m0/s1. The molecule has 0 spiro atoms. The Balaban J connectivity index is 1.50. The molecule has 1 atom stereocenters. The van der Waals surface area contributed by atoms with Gasteiger partial charge in [0.1, 0.15) is 5.69 Å². The first-order valence-electron chi connectivity index (χ1n) is 10.0. The molecule has 6 nitrogen and oxygen atoms in total. The normalized spacial score (nSPS) is 16.6. The number of hydrogen-bond donors (Lipinski definition) is 0. The van der Waals surface area contributed by atoms with Crippen molar-refractivity contribution in [2.45, 2.75) is 26.3 Å². The number of aromatic nitrogens is 3. The second-order valence-corrected chi connectivity index (χ2v) is 7.34. The van der Waals surface area contributed by atoms with Crippen molar-refractivity contribution in [1.82, 2.24) is 19.7 Å². The minimum atomic E-state index is -0.200. The fraction of sp³-hybridized carbons (Fsp3) is 0.304. The summed E-state index contributed by atoms with van der Waals surface area (Å²) >= 11 is 0. The van der Waals surface area contributed by atoms with Crippen LogP contribution in [-0.2, 0) is 6.54 Å². The SMILES string of the molecule is CCn1cc(-c2cccc(C(=O)N3CCC[C@H](C(=O)c4ccccn4)C3)c2)cn1. The first kappa shape index (κ1) is 19.1. The first-order chi connectivity index (χ1) is 14.2. The maximum absolute atomic E-state index is 13.1. The number of pyridine rings is 1. The minimum absolute atomic E-state index is 0.0174. The number of ketones is 1. The number of amides is 1. The van der Waals surface area contributed by atoms with Gasteiger partial charge in [0.05, 0.1) is 6.20 Å². The molecule has 0 N–H and O–H groups in total. The fourth-order valence-corrected chi connectivity index (χ4v) is 3.79. The number of likely N-dealkylation sites (tertiary alicyclic amines) is 1. The lowest BCUT2D eigenvalue weighted by Gasteiger charge is -2.32. The molecule has 148 valence electrons. The van der Waals surface area contributed by atoms with E-state index in [9.17, 15) is 9.59 Å². The summed E-state index contributed by atoms with van der Waals surface area (Å²) in [5.41, 5.74) is 3.07. The zero-order valence-corrected chi connectivity index (χ0v) is 16.5. The third-order valence-corrected chi connectivity index (χ3v) is 5.40. The van der Waals surface area contributed by atoms with Crippen LogP contribution in [0.5, 0.6) is 0 Å². The van der Waals surface area contributed by atoms with Gasteiger partial charge in [0, 0.05) is 49.1 Å². The smallest absolute Gasteiger partial charge is 0.253 e. The summed E-state index contributed by atoms with van der Waals surface area (Å²) in [7, 11) is 0. The molecule has 0 bridgehead atoms. The Morgan fingerprint density at radius 1 is 1.14 bits per heavy atom. The number of benzene rings is 1. The average molecular weight is 388 g/mol. The van der Waals surface area contributed by atoms with Crippen LogP contribution in [-0.4, -0.2) is 44.4 Å². The van der Waals surface area contributed by atoms with Crippen LogP contribution in [0.1, 0.15) is 40.6 Å². The van der Waals surface area contributed by atoms with Crippen molar-refractivity contribution in [2.24, 2.45) is 5.92 Å². The van der Waals surface area contributed by atoms with Crippen LogP contribution < -0.4 is 0 Å². The topological polar surface area (TPSA) is 68.1 Å². The molecule has 0 saturated carbocycles. The molecule has 29 heavy (non-hydrogen) atoms. The zero-order chi connectivity index (χ0) is 20.2. The zero-order valence-electron chi connectivity index (χ0n) is 16.5. The van der Waals surface area contributed by atoms with Gasteiger partial charge in [0.15, 0.2) is 5.78 Å². The summed E-state index contributed by atoms with van der Waals surface area (Å²) in [6.45, 7) is 3.95. The van der Waals surface area contributed by atoms with E-state index < -0.39 is 0 Å². The highest BCUT2D eigenvalue weighted by molar-refractivity contribution is 5.98. The van der Waals surface area contributed by atoms with E-state index in [1.54, 1.807) is 23.2 Å². The van der Waals surface area contributed by atoms with Crippen molar-refractivity contribution < 1.29 is 9.59 Å². The minimum Gasteiger partial charge on any atom is -0.338 e. The van der Waals surface area contributed by atoms with Crippen molar-refractivity contribution in [2.75, 3.05) is 13.1 Å². The first-order valence-corrected chi connectivity index (χ1v) is 10.0. The summed E-state index contributed by atoms with van der Waals surface area (Å²) in [6.07, 6.45) is 7.03. The number of Topliss-reactive ketones (excluding diaryl/α,β-unsaturated/α-hetero) is 1. The molecule has 1 amide bonds. The van der Waals surface area contributed by atoms with Crippen molar-refractivity contribution in [3.63, 3.8) is 0 Å². The van der Waals surface area contributed by atoms with E-state index >= 15 is 0 Å². The summed E-state index contributed by atoms with van der Waals surface area (Å²) in [4.78, 5) is 31.9. The number of carbonyl (C=O) groups is 2. The third kappa shape index (κ3) is 4.11. The van der Waals surface area contributed by atoms with Gasteiger partial charge in [-0.3, -0.25) is 19.3 Å². The van der Waals surface area contributed by atoms with Gasteiger partial charge in [0.2, 0.25) is 0 Å². The van der Waals surface area contributed by atoms with Gasteiger partial charge in [-0.2, -0.15) is 5.10 Å². The number of rotatable bonds is 5. The molecule has 0 radical (unpaired) electrons. The van der Waals surface area contributed by atoms with Gasteiger partial charge in [0.25, 0.3) is 5.91 Å². The maximum Gasteiger partial charge on any atom is 0.253 e. The molecule has 1 saturated heterocycles. The second kappa shape index (κ2) is 8.39. The lowest BCUT2D eigenvalue weighted by molar-refractivity contribution is 0.0635. The van der Waals surface area contributed by atoms with Crippen molar-refractivity contribution in [1.29, 1.82) is 0 Å². The lowest BCUT2D eigenvalue weighted by atomic mass is 9.91. The molecular formula is C23H24N4O2. The number of aryl methyl sites for hydroxylation is 1. The van der Waals surface area contributed by atoms with E-state index in [1.807, 2.05) is 54.3 Å². The Hall–Kier alpha value is -3.28. The van der Waals surface area contributed by atoms with Crippen LogP contribution in [0.2, 0.25) is 0 Å². The van der Waals surface area contributed by atoms with E-state index in [0.717, 1.165) is 30.5 Å². The van der Waals surface area contributed by atoms with E-state index in [2.05, 4.69) is 10.1 Å². The van der Waals surface area contributed by atoms with Crippen LogP contribution in [0.4, 0.5) is 0 Å². The Morgan fingerprint density at radius 2 is 2.03 bits per heavy atom. The Morgan fingerprint density at radius 3 is 2.79 bits per heavy atom. The Labute approximate surface area is 170 Å². The fourth-order valence-electron chi connectivity index (χ4n) is 3.79. The summed E-state index contributed by atoms with van der Waals surface area (Å²) in [5, 5.41) is 4.31. The molecule has 0 aliphatic carbocycles. The summed E-state index contributed by atoms with van der Waals surface area (Å²) in [6, 6.07) is 13.0. The molecule has 1 fully saturated rings. The highest BCUT2D eigenvalue weighted by Gasteiger charge is 2.30. The quantitative estimate of drug-likeness (QED) is 0.625. The van der Waals surface area contributed by atoms with Crippen LogP contribution >= 0.6 is 0 Å². The van der Waals surface area contributed by atoms with Gasteiger partial charge < -0.3 is 4.90 Å². The molecule has 1 aliphatic heterocycles. The average Bonchev–Trinajstić information content (AvgIpc) is 3.28. The van der Waals surface area contributed by atoms with Crippen LogP contribution in [0.3, 0.4) is 0 Å². The highest BCUT2D eigenvalue weighted by Crippen LogP contribution is 2.24. The largest absolute Gasteiger partial charge is 0.338 e. The van der Waals surface area contributed by atoms with E-state index in [4.69, 9.17) is 0 Å². The summed E-state index contributed by atoms with van der Waals surface area (Å²) in [5.74, 6) is -0.217. The van der Waals surface area contributed by atoms with Crippen LogP contribution in [0, 0.1) is 5.92 Å². The van der Waals surface area contributed by atoms with Gasteiger partial charge in [-0.15, -0.1) is 0 Å². The molecule has 3 heterocycles.